The molecule has 1 saturated heterocycles. The monoisotopic (exact) mass is 537 g/mol. The first kappa shape index (κ1) is 25.0. The number of benzene rings is 4. The van der Waals surface area contributed by atoms with E-state index in [1.165, 1.54) is 11.8 Å². The van der Waals surface area contributed by atoms with Crippen LogP contribution in [0.5, 0.6) is 11.5 Å². The molecule has 4 aromatic carbocycles. The molecule has 196 valence electrons. The average molecular weight is 538 g/mol. The number of rotatable bonds is 6. The molecule has 2 aliphatic heterocycles. The number of hydrogen-bond acceptors (Lipinski definition) is 6. The van der Waals surface area contributed by atoms with Crippen LogP contribution in [0.2, 0.25) is 0 Å². The van der Waals surface area contributed by atoms with E-state index < -0.39 is 5.25 Å². The Balaban J connectivity index is 1.30. The van der Waals surface area contributed by atoms with Gasteiger partial charge in [0.2, 0.25) is 18.6 Å². The fourth-order valence-electron chi connectivity index (χ4n) is 4.87. The quantitative estimate of drug-likeness (QED) is 0.310. The molecule has 7 nitrogen and oxygen atoms in total. The molecule has 39 heavy (non-hydrogen) atoms. The molecule has 8 heteroatoms. The van der Waals surface area contributed by atoms with Crippen LogP contribution in [-0.2, 0) is 16.1 Å². The molecule has 0 saturated carbocycles. The topological polar surface area (TPSA) is 80.2 Å². The summed E-state index contributed by atoms with van der Waals surface area (Å²) in [6.07, 6.45) is 0.0451. The first-order valence-corrected chi connectivity index (χ1v) is 13.6. The minimum Gasteiger partial charge on any atom is -0.454 e. The Bertz CT molecular complexity index is 1610. The number of aliphatic imine (C=N–C) groups is 1. The van der Waals surface area contributed by atoms with Crippen molar-refractivity contribution in [2.24, 2.45) is 4.99 Å². The molecule has 0 radical (unpaired) electrons. The van der Waals surface area contributed by atoms with E-state index in [4.69, 9.17) is 14.5 Å². The van der Waals surface area contributed by atoms with E-state index in [-0.39, 0.29) is 25.0 Å². The number of fused-ring (bicyclic) bond motifs is 2. The number of carbonyl (C=O) groups excluding carboxylic acids is 2. The van der Waals surface area contributed by atoms with Crippen LogP contribution in [0.1, 0.15) is 23.1 Å². The van der Waals surface area contributed by atoms with Gasteiger partial charge in [0, 0.05) is 17.5 Å². The predicted molar refractivity (Wildman–Crippen MR) is 155 cm³/mol. The average Bonchev–Trinajstić information content (AvgIpc) is 3.51. The molecule has 0 spiro atoms. The molecule has 4 aromatic rings. The van der Waals surface area contributed by atoms with Crippen molar-refractivity contribution in [3.8, 4) is 11.5 Å². The second kappa shape index (κ2) is 10.5. The van der Waals surface area contributed by atoms with Gasteiger partial charge >= 0.3 is 0 Å². The lowest BCUT2D eigenvalue weighted by molar-refractivity contribution is -0.128. The Morgan fingerprint density at radius 1 is 0.974 bits per heavy atom. The summed E-state index contributed by atoms with van der Waals surface area (Å²) in [5.74, 6) is 0.997. The summed E-state index contributed by atoms with van der Waals surface area (Å²) in [6, 6.07) is 25.5. The third-order valence-corrected chi connectivity index (χ3v) is 8.07. The van der Waals surface area contributed by atoms with E-state index in [1.807, 2.05) is 92.7 Å². The van der Waals surface area contributed by atoms with E-state index in [2.05, 4.69) is 5.32 Å². The maximum Gasteiger partial charge on any atom is 0.242 e. The largest absolute Gasteiger partial charge is 0.454 e. The molecule has 2 heterocycles. The first-order valence-electron chi connectivity index (χ1n) is 12.8. The van der Waals surface area contributed by atoms with Crippen LogP contribution >= 0.6 is 11.8 Å². The minimum absolute atomic E-state index is 0.0451. The van der Waals surface area contributed by atoms with Gasteiger partial charge in [-0.05, 0) is 54.1 Å². The first-order chi connectivity index (χ1) is 19.0. The number of ether oxygens (including phenoxy) is 2. The number of anilines is 1. The number of hydrogen-bond donors (Lipinski definition) is 1. The van der Waals surface area contributed by atoms with Crippen molar-refractivity contribution in [1.82, 2.24) is 4.90 Å². The van der Waals surface area contributed by atoms with Crippen LogP contribution in [0.25, 0.3) is 10.8 Å². The molecule has 0 bridgehead atoms. The van der Waals surface area contributed by atoms with E-state index in [9.17, 15) is 9.59 Å². The smallest absolute Gasteiger partial charge is 0.242 e. The maximum atomic E-state index is 13.7. The van der Waals surface area contributed by atoms with Crippen LogP contribution < -0.4 is 14.8 Å². The summed E-state index contributed by atoms with van der Waals surface area (Å²) in [5.41, 5.74) is 4.42. The van der Waals surface area contributed by atoms with Crippen LogP contribution in [0.15, 0.2) is 83.9 Å². The fourth-order valence-corrected chi connectivity index (χ4v) is 6.02. The minimum atomic E-state index is -0.586. The SMILES string of the molecule is Cc1cccc(C)c1NC(=O)CC1SC(=Nc2cccc3ccccc23)N(Cc2ccc3c(c2)OCO3)C1=O. The van der Waals surface area contributed by atoms with Crippen molar-refractivity contribution in [2.75, 3.05) is 12.1 Å². The van der Waals surface area contributed by atoms with Gasteiger partial charge in [-0.3, -0.25) is 14.5 Å². The van der Waals surface area contributed by atoms with Crippen molar-refractivity contribution >= 4 is 50.9 Å². The van der Waals surface area contributed by atoms with Crippen LogP contribution in [0.3, 0.4) is 0 Å². The van der Waals surface area contributed by atoms with E-state index in [0.29, 0.717) is 23.2 Å². The molecule has 6 rings (SSSR count). The van der Waals surface area contributed by atoms with Crippen molar-refractivity contribution in [2.45, 2.75) is 32.1 Å². The second-order valence-corrected chi connectivity index (χ2v) is 10.8. The molecule has 1 unspecified atom stereocenters. The Labute approximate surface area is 230 Å². The summed E-state index contributed by atoms with van der Waals surface area (Å²) in [6.45, 7) is 4.41. The van der Waals surface area contributed by atoms with Gasteiger partial charge in [-0.15, -0.1) is 0 Å². The van der Waals surface area contributed by atoms with Crippen LogP contribution in [0.4, 0.5) is 11.4 Å². The molecule has 2 amide bonds. The van der Waals surface area contributed by atoms with Crippen molar-refractivity contribution < 1.29 is 19.1 Å². The Morgan fingerprint density at radius 2 is 1.72 bits per heavy atom. The van der Waals surface area contributed by atoms with Gasteiger partial charge in [0.15, 0.2) is 16.7 Å². The molecular weight excluding hydrogens is 510 g/mol. The predicted octanol–water partition coefficient (Wildman–Crippen LogP) is 6.35. The van der Waals surface area contributed by atoms with Crippen LogP contribution in [0, 0.1) is 13.8 Å². The van der Waals surface area contributed by atoms with Crippen molar-refractivity contribution in [1.29, 1.82) is 0 Å². The van der Waals surface area contributed by atoms with Crippen molar-refractivity contribution in [3.05, 3.63) is 95.6 Å². The zero-order chi connectivity index (χ0) is 26.9. The summed E-state index contributed by atoms with van der Waals surface area (Å²) in [7, 11) is 0. The highest BCUT2D eigenvalue weighted by atomic mass is 32.2. The van der Waals surface area contributed by atoms with E-state index >= 15 is 0 Å². The van der Waals surface area contributed by atoms with Gasteiger partial charge in [0.1, 0.15) is 5.25 Å². The molecule has 2 aliphatic rings. The summed E-state index contributed by atoms with van der Waals surface area (Å²) in [4.78, 5) is 33.4. The number of nitrogens with one attached hydrogen (secondary N) is 1. The zero-order valence-electron chi connectivity index (χ0n) is 21.6. The third-order valence-electron chi connectivity index (χ3n) is 6.90. The molecule has 1 fully saturated rings. The number of nitrogens with zero attached hydrogens (tertiary/aromatic N) is 2. The standard InChI is InChI=1S/C31H27N3O4S/c1-19-7-5-8-20(2)29(19)33-28(35)16-27-30(36)34(17-21-13-14-25-26(15-21)38-18-37-25)31(39-27)32-24-12-6-10-22-9-3-4-11-23(22)24/h3-15,27H,16-18H2,1-2H3,(H,33,35). The number of para-hydroxylation sites is 1. The number of amidine groups is 1. The Hall–Kier alpha value is -4.30. The van der Waals surface area contributed by atoms with Crippen LogP contribution in [-0.4, -0.2) is 33.9 Å². The van der Waals surface area contributed by atoms with Crippen molar-refractivity contribution in [3.63, 3.8) is 0 Å². The summed E-state index contributed by atoms with van der Waals surface area (Å²) < 4.78 is 11.0. The molecule has 1 atom stereocenters. The normalized spacial score (nSPS) is 17.3. The number of amides is 2. The van der Waals surface area contributed by atoms with Gasteiger partial charge in [-0.25, -0.2) is 4.99 Å². The summed E-state index contributed by atoms with van der Waals surface area (Å²) >= 11 is 1.33. The Morgan fingerprint density at radius 3 is 2.56 bits per heavy atom. The lowest BCUT2D eigenvalue weighted by Crippen LogP contribution is -2.33. The molecule has 0 aromatic heterocycles. The van der Waals surface area contributed by atoms with Gasteiger partial charge in [-0.2, -0.15) is 0 Å². The third kappa shape index (κ3) is 5.07. The molecular formula is C31H27N3O4S. The van der Waals surface area contributed by atoms with E-state index in [1.54, 1.807) is 4.90 Å². The summed E-state index contributed by atoms with van der Waals surface area (Å²) in [5, 5.41) is 5.07. The number of thioether (sulfide) groups is 1. The van der Waals surface area contributed by atoms with Gasteiger partial charge in [0.25, 0.3) is 0 Å². The van der Waals surface area contributed by atoms with Gasteiger partial charge in [-0.1, -0.05) is 72.4 Å². The zero-order valence-corrected chi connectivity index (χ0v) is 22.5. The Kier molecular flexibility index (Phi) is 6.70. The fraction of sp³-hybridized carbons (Fsp3) is 0.194. The van der Waals surface area contributed by atoms with E-state index in [0.717, 1.165) is 38.8 Å². The lowest BCUT2D eigenvalue weighted by atomic mass is 10.1. The highest BCUT2D eigenvalue weighted by Crippen LogP contribution is 2.37. The molecule has 0 aliphatic carbocycles. The highest BCUT2D eigenvalue weighted by molar-refractivity contribution is 8.15. The lowest BCUT2D eigenvalue weighted by Gasteiger charge is -2.17. The molecule has 1 N–H and O–H groups in total. The number of carbonyl (C=O) groups is 2. The van der Waals surface area contributed by atoms with Gasteiger partial charge < -0.3 is 14.8 Å². The maximum absolute atomic E-state index is 13.7. The van der Waals surface area contributed by atoms with Gasteiger partial charge in [0.05, 0.1) is 12.2 Å². The highest BCUT2D eigenvalue weighted by Gasteiger charge is 2.39. The second-order valence-electron chi connectivity index (χ2n) is 9.63. The number of aryl methyl sites for hydroxylation is 2.